The number of benzene rings is 1. The summed E-state index contributed by atoms with van der Waals surface area (Å²) in [6.45, 7) is 2.52. The molecule has 2 aromatic rings. The Balaban J connectivity index is 2.37. The zero-order valence-electron chi connectivity index (χ0n) is 10.6. The molecule has 4 nitrogen and oxygen atoms in total. The van der Waals surface area contributed by atoms with E-state index >= 15 is 0 Å². The Hall–Kier alpha value is -2.54. The van der Waals surface area contributed by atoms with Crippen LogP contribution < -0.4 is 10.3 Å². The molecule has 1 aromatic heterocycles. The molecule has 0 saturated carbocycles. The van der Waals surface area contributed by atoms with Crippen molar-refractivity contribution in [2.45, 2.75) is 13.3 Å². The number of aromatic amines is 1. The predicted octanol–water partition coefficient (Wildman–Crippen LogP) is 2.51. The molecule has 0 spiro atoms. The van der Waals surface area contributed by atoms with Crippen LogP contribution in [0.3, 0.4) is 0 Å². The molecular weight excluding hydrogens is 240 g/mol. The maximum Gasteiger partial charge on any atom is 0.252 e. The number of ether oxygens (including phenoxy) is 1. The summed E-state index contributed by atoms with van der Waals surface area (Å²) in [4.78, 5) is 14.6. The average Bonchev–Trinajstić information content (AvgIpc) is 2.42. The van der Waals surface area contributed by atoms with E-state index in [1.807, 2.05) is 37.3 Å². The number of hydrogen-bond donors (Lipinski definition) is 1. The van der Waals surface area contributed by atoms with Crippen molar-refractivity contribution in [1.29, 1.82) is 5.26 Å². The van der Waals surface area contributed by atoms with Gasteiger partial charge in [-0.15, -0.1) is 0 Å². The zero-order chi connectivity index (χ0) is 13.7. The summed E-state index contributed by atoms with van der Waals surface area (Å²) in [6, 6.07) is 13.0. The molecule has 1 N–H and O–H groups in total. The number of nitrogens with one attached hydrogen (secondary N) is 1. The molecule has 96 valence electrons. The summed E-state index contributed by atoms with van der Waals surface area (Å²) in [7, 11) is 0. The van der Waals surface area contributed by atoms with E-state index in [-0.39, 0.29) is 12.0 Å². The Morgan fingerprint density at radius 2 is 2.16 bits per heavy atom. The second-order valence-corrected chi connectivity index (χ2v) is 4.02. The van der Waals surface area contributed by atoms with Crippen molar-refractivity contribution < 1.29 is 4.74 Å². The van der Waals surface area contributed by atoms with Crippen LogP contribution in [0.1, 0.15) is 12.5 Å². The Morgan fingerprint density at radius 3 is 2.84 bits per heavy atom. The Kier molecular flexibility index (Phi) is 3.99. The maximum absolute atomic E-state index is 11.8. The molecular formula is C15H14N2O2. The number of nitrogens with zero attached hydrogens (tertiary/aromatic N) is 1. The minimum Gasteiger partial charge on any atom is -0.494 e. The first-order chi connectivity index (χ1) is 9.24. The van der Waals surface area contributed by atoms with Gasteiger partial charge in [0.05, 0.1) is 19.1 Å². The van der Waals surface area contributed by atoms with Crippen LogP contribution in [0, 0.1) is 11.3 Å². The lowest BCUT2D eigenvalue weighted by Gasteiger charge is -2.06. The van der Waals surface area contributed by atoms with Crippen molar-refractivity contribution in [3.63, 3.8) is 0 Å². The summed E-state index contributed by atoms with van der Waals surface area (Å²) in [5, 5.41) is 8.61. The largest absolute Gasteiger partial charge is 0.494 e. The van der Waals surface area contributed by atoms with Gasteiger partial charge in [-0.2, -0.15) is 5.26 Å². The number of nitriles is 1. The third-order valence-corrected chi connectivity index (χ3v) is 2.72. The van der Waals surface area contributed by atoms with Crippen LogP contribution in [-0.2, 0) is 6.42 Å². The van der Waals surface area contributed by atoms with Crippen LogP contribution in [0.15, 0.2) is 41.2 Å². The highest BCUT2D eigenvalue weighted by atomic mass is 16.5. The molecule has 0 aliphatic rings. The third-order valence-electron chi connectivity index (χ3n) is 2.72. The van der Waals surface area contributed by atoms with Crippen molar-refractivity contribution in [3.8, 4) is 23.1 Å². The fraction of sp³-hybridized carbons (Fsp3) is 0.200. The van der Waals surface area contributed by atoms with Crippen LogP contribution in [-0.4, -0.2) is 11.6 Å². The van der Waals surface area contributed by atoms with Crippen molar-refractivity contribution in [2.24, 2.45) is 0 Å². The molecule has 0 amide bonds. The van der Waals surface area contributed by atoms with E-state index in [1.54, 1.807) is 12.1 Å². The molecule has 4 heteroatoms. The molecule has 0 aliphatic carbocycles. The van der Waals surface area contributed by atoms with Crippen LogP contribution in [0.4, 0.5) is 0 Å². The van der Waals surface area contributed by atoms with E-state index in [1.165, 1.54) is 0 Å². The van der Waals surface area contributed by atoms with Crippen LogP contribution in [0.25, 0.3) is 11.3 Å². The molecule has 2 rings (SSSR count). The quantitative estimate of drug-likeness (QED) is 0.911. The van der Waals surface area contributed by atoms with E-state index in [9.17, 15) is 4.79 Å². The van der Waals surface area contributed by atoms with Gasteiger partial charge in [-0.25, -0.2) is 0 Å². The molecule has 0 atom stereocenters. The molecule has 0 radical (unpaired) electrons. The fourth-order valence-corrected chi connectivity index (χ4v) is 1.82. The first kappa shape index (κ1) is 12.9. The molecule has 0 saturated heterocycles. The normalized spacial score (nSPS) is 9.89. The zero-order valence-corrected chi connectivity index (χ0v) is 10.6. The van der Waals surface area contributed by atoms with Gasteiger partial charge < -0.3 is 9.72 Å². The van der Waals surface area contributed by atoms with Gasteiger partial charge in [0.25, 0.3) is 5.56 Å². The second-order valence-electron chi connectivity index (χ2n) is 4.02. The second kappa shape index (κ2) is 5.87. The Labute approximate surface area is 111 Å². The van der Waals surface area contributed by atoms with Crippen molar-refractivity contribution in [1.82, 2.24) is 4.98 Å². The number of pyridine rings is 1. The van der Waals surface area contributed by atoms with Crippen molar-refractivity contribution in [2.75, 3.05) is 6.61 Å². The minimum atomic E-state index is -0.221. The summed E-state index contributed by atoms with van der Waals surface area (Å²) < 4.78 is 5.43. The average molecular weight is 254 g/mol. The Morgan fingerprint density at radius 1 is 1.32 bits per heavy atom. The van der Waals surface area contributed by atoms with E-state index in [0.717, 1.165) is 11.3 Å². The number of hydrogen-bond acceptors (Lipinski definition) is 3. The van der Waals surface area contributed by atoms with E-state index < -0.39 is 0 Å². The highest BCUT2D eigenvalue weighted by Crippen LogP contribution is 2.21. The van der Waals surface area contributed by atoms with Crippen LogP contribution in [0.2, 0.25) is 0 Å². The van der Waals surface area contributed by atoms with Crippen molar-refractivity contribution >= 4 is 0 Å². The number of aromatic nitrogens is 1. The summed E-state index contributed by atoms with van der Waals surface area (Å²) in [5.41, 5.74) is 1.85. The fourth-order valence-electron chi connectivity index (χ4n) is 1.82. The maximum atomic E-state index is 11.8. The molecule has 1 heterocycles. The SMILES string of the molecule is CCOc1cccc(-c2ccc(CC#N)c(=O)[nH]2)c1. The van der Waals surface area contributed by atoms with Gasteiger partial charge in [0, 0.05) is 16.8 Å². The highest BCUT2D eigenvalue weighted by molar-refractivity contribution is 5.61. The van der Waals surface area contributed by atoms with E-state index in [4.69, 9.17) is 10.00 Å². The molecule has 0 fully saturated rings. The van der Waals surface area contributed by atoms with Gasteiger partial charge in [-0.1, -0.05) is 18.2 Å². The van der Waals surface area contributed by atoms with Gasteiger partial charge in [0.15, 0.2) is 0 Å². The lowest BCUT2D eigenvalue weighted by atomic mass is 10.1. The van der Waals surface area contributed by atoms with Gasteiger partial charge in [0.2, 0.25) is 0 Å². The van der Waals surface area contributed by atoms with Crippen molar-refractivity contribution in [3.05, 3.63) is 52.3 Å². The molecule has 0 aliphatic heterocycles. The summed E-state index contributed by atoms with van der Waals surface area (Å²) in [6.07, 6.45) is 0.120. The van der Waals surface area contributed by atoms with Gasteiger partial charge in [0.1, 0.15) is 5.75 Å². The standard InChI is InChI=1S/C15H14N2O2/c1-2-19-13-5-3-4-12(10-13)14-7-6-11(8-9-16)15(18)17-14/h3-7,10H,2,8H2,1H3,(H,17,18). The number of H-pyrrole nitrogens is 1. The minimum absolute atomic E-state index is 0.120. The third kappa shape index (κ3) is 3.02. The summed E-state index contributed by atoms with van der Waals surface area (Å²) in [5.74, 6) is 0.766. The molecule has 0 bridgehead atoms. The summed E-state index contributed by atoms with van der Waals surface area (Å²) >= 11 is 0. The van der Waals surface area contributed by atoms with Gasteiger partial charge in [-0.3, -0.25) is 4.79 Å². The number of rotatable bonds is 4. The van der Waals surface area contributed by atoms with Crippen LogP contribution in [0.5, 0.6) is 5.75 Å². The molecule has 19 heavy (non-hydrogen) atoms. The highest BCUT2D eigenvalue weighted by Gasteiger charge is 2.04. The van der Waals surface area contributed by atoms with E-state index in [0.29, 0.717) is 17.9 Å². The Bertz CT molecular complexity index is 668. The van der Waals surface area contributed by atoms with Gasteiger partial charge in [-0.05, 0) is 25.1 Å². The topological polar surface area (TPSA) is 65.9 Å². The molecule has 0 unspecified atom stereocenters. The monoisotopic (exact) mass is 254 g/mol. The van der Waals surface area contributed by atoms with E-state index in [2.05, 4.69) is 4.98 Å². The smallest absolute Gasteiger partial charge is 0.252 e. The van der Waals surface area contributed by atoms with Gasteiger partial charge >= 0.3 is 0 Å². The first-order valence-corrected chi connectivity index (χ1v) is 6.07. The predicted molar refractivity (Wildman–Crippen MR) is 73.0 cm³/mol. The molecule has 1 aromatic carbocycles. The first-order valence-electron chi connectivity index (χ1n) is 6.07. The lowest BCUT2D eigenvalue weighted by Crippen LogP contribution is -2.12. The lowest BCUT2D eigenvalue weighted by molar-refractivity contribution is 0.340. The van der Waals surface area contributed by atoms with Crippen LogP contribution >= 0.6 is 0 Å².